The van der Waals surface area contributed by atoms with E-state index in [2.05, 4.69) is 0 Å². The Morgan fingerprint density at radius 3 is 2.46 bits per heavy atom. The zero-order valence-corrected chi connectivity index (χ0v) is 14.8. The highest BCUT2D eigenvalue weighted by molar-refractivity contribution is 8.00. The number of amides is 2. The summed E-state index contributed by atoms with van der Waals surface area (Å²) in [4.78, 5) is 28.6. The molecule has 0 aliphatic carbocycles. The van der Waals surface area contributed by atoms with E-state index in [9.17, 15) is 14.0 Å². The molecule has 2 aliphatic rings. The predicted molar refractivity (Wildman–Crippen MR) is 93.3 cm³/mol. The number of carbonyl (C=O) groups is 2. The zero-order chi connectivity index (χ0) is 17.2. The zero-order valence-electron chi connectivity index (χ0n) is 14.0. The third kappa shape index (κ3) is 3.29. The fourth-order valence-electron chi connectivity index (χ4n) is 3.54. The molecule has 2 fully saturated rings. The number of halogens is 1. The number of carbonyl (C=O) groups excluding carboxylic acids is 2. The Bertz CT molecular complexity index is 612. The smallest absolute Gasteiger partial charge is 0.254 e. The maximum Gasteiger partial charge on any atom is 0.254 e. The van der Waals surface area contributed by atoms with Crippen LogP contribution in [0.1, 0.15) is 43.0 Å². The fraction of sp³-hybridized carbons (Fsp3) is 0.556. The van der Waals surface area contributed by atoms with Gasteiger partial charge in [-0.25, -0.2) is 4.39 Å². The Kier molecular flexibility index (Phi) is 5.13. The van der Waals surface area contributed by atoms with E-state index in [1.165, 1.54) is 12.1 Å². The van der Waals surface area contributed by atoms with Gasteiger partial charge < -0.3 is 9.80 Å². The molecule has 0 atom stereocenters. The number of likely N-dealkylation sites (tertiary alicyclic amines) is 1. The van der Waals surface area contributed by atoms with Crippen LogP contribution in [-0.2, 0) is 4.79 Å². The van der Waals surface area contributed by atoms with Gasteiger partial charge in [-0.05, 0) is 43.5 Å². The van der Waals surface area contributed by atoms with E-state index in [1.54, 1.807) is 12.1 Å². The van der Waals surface area contributed by atoms with E-state index in [1.807, 2.05) is 28.5 Å². The molecule has 6 heteroatoms. The summed E-state index contributed by atoms with van der Waals surface area (Å²) in [7, 11) is 0. The van der Waals surface area contributed by atoms with Gasteiger partial charge in [0.25, 0.3) is 5.91 Å². The molecule has 0 saturated carbocycles. The van der Waals surface area contributed by atoms with Crippen LogP contribution in [0.5, 0.6) is 0 Å². The second kappa shape index (κ2) is 7.13. The Hall–Kier alpha value is -1.56. The van der Waals surface area contributed by atoms with E-state index in [-0.39, 0.29) is 22.5 Å². The van der Waals surface area contributed by atoms with Crippen LogP contribution in [-0.4, -0.2) is 51.9 Å². The molecule has 0 radical (unpaired) electrons. The van der Waals surface area contributed by atoms with Crippen molar-refractivity contribution in [1.29, 1.82) is 0 Å². The van der Waals surface area contributed by atoms with E-state index in [0.717, 1.165) is 25.0 Å². The van der Waals surface area contributed by atoms with E-state index < -0.39 is 0 Å². The summed E-state index contributed by atoms with van der Waals surface area (Å²) >= 11 is 1.82. The standard InChI is InChI=1S/C18H23FN2O2S/c1-2-3-16(22)20-10-8-18(9-11-20)21(12-13-24-18)17(23)14-4-6-15(19)7-5-14/h4-7H,2-3,8-13H2,1H3. The summed E-state index contributed by atoms with van der Waals surface area (Å²) in [5.74, 6) is 0.760. The molecule has 24 heavy (non-hydrogen) atoms. The molecule has 2 amide bonds. The third-order valence-corrected chi connectivity index (χ3v) is 6.43. The average molecular weight is 350 g/mol. The summed E-state index contributed by atoms with van der Waals surface area (Å²) in [6, 6.07) is 5.76. The summed E-state index contributed by atoms with van der Waals surface area (Å²) in [5.41, 5.74) is 0.530. The van der Waals surface area contributed by atoms with Crippen molar-refractivity contribution in [2.45, 2.75) is 37.5 Å². The lowest BCUT2D eigenvalue weighted by Crippen LogP contribution is -2.53. The van der Waals surface area contributed by atoms with Crippen molar-refractivity contribution in [3.8, 4) is 0 Å². The minimum absolute atomic E-state index is 0.0339. The van der Waals surface area contributed by atoms with Gasteiger partial charge in [0.1, 0.15) is 5.82 Å². The molecule has 0 unspecified atom stereocenters. The number of piperidine rings is 1. The number of hydrogen-bond donors (Lipinski definition) is 0. The molecular weight excluding hydrogens is 327 g/mol. The molecule has 130 valence electrons. The van der Waals surface area contributed by atoms with Gasteiger partial charge in [-0.15, -0.1) is 11.8 Å². The van der Waals surface area contributed by atoms with Crippen molar-refractivity contribution in [1.82, 2.24) is 9.80 Å². The van der Waals surface area contributed by atoms with Crippen LogP contribution in [0.25, 0.3) is 0 Å². The normalized spacial score (nSPS) is 19.8. The van der Waals surface area contributed by atoms with E-state index in [4.69, 9.17) is 0 Å². The maximum atomic E-state index is 13.1. The largest absolute Gasteiger partial charge is 0.342 e. The van der Waals surface area contributed by atoms with Crippen molar-refractivity contribution in [3.05, 3.63) is 35.6 Å². The van der Waals surface area contributed by atoms with Gasteiger partial charge in [-0.3, -0.25) is 9.59 Å². The van der Waals surface area contributed by atoms with Crippen molar-refractivity contribution >= 4 is 23.6 Å². The first-order valence-electron chi connectivity index (χ1n) is 8.55. The van der Waals surface area contributed by atoms with Gasteiger partial charge in [-0.1, -0.05) is 6.92 Å². The lowest BCUT2D eigenvalue weighted by molar-refractivity contribution is -0.132. The lowest BCUT2D eigenvalue weighted by atomic mass is 10.0. The van der Waals surface area contributed by atoms with Crippen molar-refractivity contribution < 1.29 is 14.0 Å². The lowest BCUT2D eigenvalue weighted by Gasteiger charge is -2.44. The van der Waals surface area contributed by atoms with Gasteiger partial charge in [0, 0.05) is 37.4 Å². The summed E-state index contributed by atoms with van der Waals surface area (Å²) < 4.78 is 13.1. The Labute approximate surface area is 146 Å². The topological polar surface area (TPSA) is 40.6 Å². The van der Waals surface area contributed by atoms with Gasteiger partial charge in [0.15, 0.2) is 0 Å². The molecule has 0 aromatic heterocycles. The number of nitrogens with zero attached hydrogens (tertiary/aromatic N) is 2. The Morgan fingerprint density at radius 1 is 1.17 bits per heavy atom. The van der Waals surface area contributed by atoms with Crippen molar-refractivity contribution in [2.24, 2.45) is 0 Å². The number of hydrogen-bond acceptors (Lipinski definition) is 3. The predicted octanol–water partition coefficient (Wildman–Crippen LogP) is 3.13. The summed E-state index contributed by atoms with van der Waals surface area (Å²) in [6.45, 7) is 4.14. The first kappa shape index (κ1) is 17.3. The molecule has 1 spiro atoms. The molecule has 0 N–H and O–H groups in total. The quantitative estimate of drug-likeness (QED) is 0.841. The monoisotopic (exact) mass is 350 g/mol. The molecule has 2 saturated heterocycles. The minimum Gasteiger partial charge on any atom is -0.342 e. The molecule has 2 heterocycles. The second-order valence-electron chi connectivity index (χ2n) is 6.39. The number of benzene rings is 1. The van der Waals surface area contributed by atoms with Gasteiger partial charge in [-0.2, -0.15) is 0 Å². The molecular formula is C18H23FN2O2S. The van der Waals surface area contributed by atoms with Crippen molar-refractivity contribution in [2.75, 3.05) is 25.4 Å². The van der Waals surface area contributed by atoms with Gasteiger partial charge in [0.05, 0.1) is 4.87 Å². The first-order chi connectivity index (χ1) is 11.6. The number of rotatable bonds is 3. The SMILES string of the molecule is CCCC(=O)N1CCC2(CC1)SCCN2C(=O)c1ccc(F)cc1. The minimum atomic E-state index is -0.334. The number of thioether (sulfide) groups is 1. The Balaban J connectivity index is 1.70. The van der Waals surface area contributed by atoms with Crippen LogP contribution in [0, 0.1) is 5.82 Å². The summed E-state index contributed by atoms with van der Waals surface area (Å²) in [5, 5.41) is 0. The van der Waals surface area contributed by atoms with E-state index in [0.29, 0.717) is 31.6 Å². The highest BCUT2D eigenvalue weighted by Gasteiger charge is 2.46. The third-order valence-electron chi connectivity index (χ3n) is 4.88. The molecule has 0 bridgehead atoms. The van der Waals surface area contributed by atoms with Crippen molar-refractivity contribution in [3.63, 3.8) is 0 Å². The molecule has 1 aromatic carbocycles. The molecule has 2 aliphatic heterocycles. The van der Waals surface area contributed by atoms with Crippen LogP contribution in [0.2, 0.25) is 0 Å². The second-order valence-corrected chi connectivity index (χ2v) is 7.85. The van der Waals surface area contributed by atoms with Crippen LogP contribution >= 0.6 is 11.8 Å². The maximum absolute atomic E-state index is 13.1. The van der Waals surface area contributed by atoms with Crippen LogP contribution < -0.4 is 0 Å². The first-order valence-corrected chi connectivity index (χ1v) is 9.53. The van der Waals surface area contributed by atoms with Crippen LogP contribution in [0.3, 0.4) is 0 Å². The highest BCUT2D eigenvalue weighted by Crippen LogP contribution is 2.44. The molecule has 3 rings (SSSR count). The van der Waals surface area contributed by atoms with Gasteiger partial charge >= 0.3 is 0 Å². The Morgan fingerprint density at radius 2 is 1.83 bits per heavy atom. The highest BCUT2D eigenvalue weighted by atomic mass is 32.2. The summed E-state index contributed by atoms with van der Waals surface area (Å²) in [6.07, 6.45) is 3.07. The van der Waals surface area contributed by atoms with Crippen LogP contribution in [0.4, 0.5) is 4.39 Å². The fourth-order valence-corrected chi connectivity index (χ4v) is 4.99. The van der Waals surface area contributed by atoms with E-state index >= 15 is 0 Å². The van der Waals surface area contributed by atoms with Crippen LogP contribution in [0.15, 0.2) is 24.3 Å². The molecule has 1 aromatic rings. The average Bonchev–Trinajstić information content (AvgIpc) is 2.99. The van der Waals surface area contributed by atoms with Gasteiger partial charge in [0.2, 0.25) is 5.91 Å². The molecule has 4 nitrogen and oxygen atoms in total.